The highest BCUT2D eigenvalue weighted by Gasteiger charge is 2.21. The minimum absolute atomic E-state index is 0.00994. The van der Waals surface area contributed by atoms with Gasteiger partial charge in [-0.2, -0.15) is 8.42 Å². The lowest BCUT2D eigenvalue weighted by Gasteiger charge is -2.14. The quantitative estimate of drug-likeness (QED) is 0.769. The standard InChI is InChI=1S/C16H15NO6S/c1-11(18)17-15(16(19)20)12-7-9-13(10-8-12)23-24(21,22)14-5-3-2-4-6-14/h2-10,15H,1H3,(H,17,18)(H,19,20). The maximum Gasteiger partial charge on any atom is 0.339 e. The minimum atomic E-state index is -3.97. The van der Waals surface area contributed by atoms with Gasteiger partial charge in [-0.05, 0) is 29.8 Å². The van der Waals surface area contributed by atoms with Crippen LogP contribution < -0.4 is 9.50 Å². The Morgan fingerprint density at radius 3 is 2.12 bits per heavy atom. The lowest BCUT2D eigenvalue weighted by Crippen LogP contribution is -2.31. The van der Waals surface area contributed by atoms with Crippen molar-refractivity contribution < 1.29 is 27.3 Å². The van der Waals surface area contributed by atoms with E-state index in [0.29, 0.717) is 5.56 Å². The molecule has 0 saturated heterocycles. The molecule has 2 rings (SSSR count). The van der Waals surface area contributed by atoms with Gasteiger partial charge in [-0.25, -0.2) is 4.79 Å². The molecule has 126 valence electrons. The van der Waals surface area contributed by atoms with Crippen LogP contribution in [0.15, 0.2) is 59.5 Å². The van der Waals surface area contributed by atoms with Crippen LogP contribution in [-0.2, 0) is 19.7 Å². The van der Waals surface area contributed by atoms with Crippen molar-refractivity contribution in [2.45, 2.75) is 17.9 Å². The molecule has 2 aromatic carbocycles. The second kappa shape index (κ2) is 7.14. The van der Waals surface area contributed by atoms with Crippen molar-refractivity contribution >= 4 is 22.0 Å². The molecule has 1 amide bonds. The first-order valence-electron chi connectivity index (χ1n) is 6.89. The molecule has 0 aliphatic heterocycles. The lowest BCUT2D eigenvalue weighted by molar-refractivity contribution is -0.141. The Balaban J connectivity index is 2.20. The van der Waals surface area contributed by atoms with Gasteiger partial charge in [-0.15, -0.1) is 0 Å². The van der Waals surface area contributed by atoms with Crippen LogP contribution in [0.1, 0.15) is 18.5 Å². The third-order valence-corrected chi connectivity index (χ3v) is 4.31. The molecule has 7 nitrogen and oxygen atoms in total. The second-order valence-corrected chi connectivity index (χ2v) is 6.44. The molecule has 0 aliphatic rings. The highest BCUT2D eigenvalue weighted by Crippen LogP contribution is 2.22. The van der Waals surface area contributed by atoms with Crippen molar-refractivity contribution in [3.05, 3.63) is 60.2 Å². The van der Waals surface area contributed by atoms with Gasteiger partial charge in [-0.1, -0.05) is 30.3 Å². The van der Waals surface area contributed by atoms with E-state index >= 15 is 0 Å². The molecule has 2 aromatic rings. The third kappa shape index (κ3) is 4.32. The number of rotatable bonds is 6. The second-order valence-electron chi connectivity index (χ2n) is 4.89. The molecule has 2 N–H and O–H groups in total. The number of amides is 1. The van der Waals surface area contributed by atoms with E-state index in [4.69, 9.17) is 9.29 Å². The SMILES string of the molecule is CC(=O)NC(C(=O)O)c1ccc(OS(=O)(=O)c2ccccc2)cc1. The molecule has 1 unspecified atom stereocenters. The van der Waals surface area contributed by atoms with Gasteiger partial charge in [0, 0.05) is 6.92 Å². The van der Waals surface area contributed by atoms with Crippen molar-refractivity contribution in [2.24, 2.45) is 0 Å². The summed E-state index contributed by atoms with van der Waals surface area (Å²) in [5.41, 5.74) is 0.294. The van der Waals surface area contributed by atoms with Crippen molar-refractivity contribution in [1.29, 1.82) is 0 Å². The highest BCUT2D eigenvalue weighted by atomic mass is 32.2. The van der Waals surface area contributed by atoms with Gasteiger partial charge in [-0.3, -0.25) is 4.79 Å². The zero-order chi connectivity index (χ0) is 17.7. The van der Waals surface area contributed by atoms with Crippen LogP contribution in [0.2, 0.25) is 0 Å². The van der Waals surface area contributed by atoms with Crippen LogP contribution in [0, 0.1) is 0 Å². The molecule has 0 radical (unpaired) electrons. The van der Waals surface area contributed by atoms with E-state index in [9.17, 15) is 18.0 Å². The zero-order valence-corrected chi connectivity index (χ0v) is 13.5. The molecule has 0 saturated carbocycles. The Hall–Kier alpha value is -2.87. The molecular weight excluding hydrogens is 334 g/mol. The predicted octanol–water partition coefficient (Wildman–Crippen LogP) is 1.72. The number of hydrogen-bond donors (Lipinski definition) is 2. The molecule has 0 fully saturated rings. The van der Waals surface area contributed by atoms with Crippen LogP contribution >= 0.6 is 0 Å². The summed E-state index contributed by atoms with van der Waals surface area (Å²) in [5.74, 6) is -1.68. The lowest BCUT2D eigenvalue weighted by atomic mass is 10.1. The van der Waals surface area contributed by atoms with Gasteiger partial charge in [0.25, 0.3) is 0 Å². The summed E-state index contributed by atoms with van der Waals surface area (Å²) in [6, 6.07) is 11.8. The van der Waals surface area contributed by atoms with Gasteiger partial charge >= 0.3 is 16.1 Å². The monoisotopic (exact) mass is 349 g/mol. The fourth-order valence-corrected chi connectivity index (χ4v) is 2.92. The zero-order valence-electron chi connectivity index (χ0n) is 12.7. The molecular formula is C16H15NO6S. The summed E-state index contributed by atoms with van der Waals surface area (Å²) in [7, 11) is -3.97. The van der Waals surface area contributed by atoms with Crippen LogP contribution in [0.5, 0.6) is 5.75 Å². The smallest absolute Gasteiger partial charge is 0.339 e. The molecule has 0 spiro atoms. The number of carboxylic acid groups (broad SMARTS) is 1. The molecule has 0 aromatic heterocycles. The van der Waals surface area contributed by atoms with E-state index < -0.39 is 28.0 Å². The first kappa shape index (κ1) is 17.5. The summed E-state index contributed by atoms with van der Waals surface area (Å²) < 4.78 is 29.2. The van der Waals surface area contributed by atoms with Gasteiger partial charge < -0.3 is 14.6 Å². The van der Waals surface area contributed by atoms with E-state index in [1.807, 2.05) is 0 Å². The molecule has 0 bridgehead atoms. The summed E-state index contributed by atoms with van der Waals surface area (Å²) in [5, 5.41) is 11.4. The van der Waals surface area contributed by atoms with E-state index in [2.05, 4.69) is 5.32 Å². The van der Waals surface area contributed by atoms with Crippen LogP contribution in [0.4, 0.5) is 0 Å². The Labute approximate surface area is 139 Å². The van der Waals surface area contributed by atoms with Crippen molar-refractivity contribution in [2.75, 3.05) is 0 Å². The maximum absolute atomic E-state index is 12.1. The van der Waals surface area contributed by atoms with E-state index in [1.54, 1.807) is 18.2 Å². The summed E-state index contributed by atoms with van der Waals surface area (Å²) in [6.07, 6.45) is 0. The highest BCUT2D eigenvalue weighted by molar-refractivity contribution is 7.87. The van der Waals surface area contributed by atoms with Gasteiger partial charge in [0.2, 0.25) is 5.91 Å². The normalized spacial score (nSPS) is 12.2. The summed E-state index contributed by atoms with van der Waals surface area (Å²) in [6.45, 7) is 1.21. The van der Waals surface area contributed by atoms with Gasteiger partial charge in [0.05, 0.1) is 0 Å². The number of benzene rings is 2. The topological polar surface area (TPSA) is 110 Å². The number of hydrogen-bond acceptors (Lipinski definition) is 5. The number of aliphatic carboxylic acids is 1. The molecule has 24 heavy (non-hydrogen) atoms. The first-order chi connectivity index (χ1) is 11.3. The van der Waals surface area contributed by atoms with Crippen LogP contribution in [0.25, 0.3) is 0 Å². The number of nitrogens with one attached hydrogen (secondary N) is 1. The third-order valence-electron chi connectivity index (χ3n) is 3.05. The largest absolute Gasteiger partial charge is 0.479 e. The summed E-state index contributed by atoms with van der Waals surface area (Å²) in [4.78, 5) is 22.3. The molecule has 0 aliphatic carbocycles. The number of carbonyl (C=O) groups is 2. The van der Waals surface area contributed by atoms with Crippen molar-refractivity contribution in [3.8, 4) is 5.75 Å². The summed E-state index contributed by atoms with van der Waals surface area (Å²) >= 11 is 0. The van der Waals surface area contributed by atoms with Gasteiger partial charge in [0.1, 0.15) is 10.6 Å². The van der Waals surface area contributed by atoms with E-state index in [1.165, 1.54) is 43.3 Å². The average molecular weight is 349 g/mol. The van der Waals surface area contributed by atoms with Crippen LogP contribution in [0.3, 0.4) is 0 Å². The maximum atomic E-state index is 12.1. The van der Waals surface area contributed by atoms with Crippen LogP contribution in [-0.4, -0.2) is 25.4 Å². The van der Waals surface area contributed by atoms with E-state index in [-0.39, 0.29) is 10.6 Å². The fraction of sp³-hybridized carbons (Fsp3) is 0.125. The Kier molecular flexibility index (Phi) is 5.20. The Bertz CT molecular complexity index is 831. The molecule has 0 heterocycles. The fourth-order valence-electron chi connectivity index (χ4n) is 1.97. The first-order valence-corrected chi connectivity index (χ1v) is 8.30. The predicted molar refractivity (Wildman–Crippen MR) is 84.9 cm³/mol. The number of carboxylic acids is 1. The molecule has 1 atom stereocenters. The number of carbonyl (C=O) groups excluding carboxylic acids is 1. The van der Waals surface area contributed by atoms with Gasteiger partial charge in [0.15, 0.2) is 6.04 Å². The van der Waals surface area contributed by atoms with E-state index in [0.717, 1.165) is 0 Å². The van der Waals surface area contributed by atoms with Crippen molar-refractivity contribution in [1.82, 2.24) is 5.32 Å². The Morgan fingerprint density at radius 1 is 1.04 bits per heavy atom. The Morgan fingerprint density at radius 2 is 1.62 bits per heavy atom. The minimum Gasteiger partial charge on any atom is -0.479 e. The van der Waals surface area contributed by atoms with Crippen molar-refractivity contribution in [3.63, 3.8) is 0 Å². The average Bonchev–Trinajstić information content (AvgIpc) is 2.54. The molecule has 8 heteroatoms.